The zero-order valence-corrected chi connectivity index (χ0v) is 19.6. The van der Waals surface area contributed by atoms with Crippen molar-refractivity contribution in [3.8, 4) is 0 Å². The Morgan fingerprint density at radius 2 is 1.79 bits per heavy atom. The summed E-state index contributed by atoms with van der Waals surface area (Å²) in [5.74, 6) is -1.90. The second kappa shape index (κ2) is 8.62. The molecule has 8 nitrogen and oxygen atoms in total. The van der Waals surface area contributed by atoms with Crippen LogP contribution < -0.4 is 10.2 Å². The number of rotatable bonds is 3. The number of halogens is 2. The molecule has 0 radical (unpaired) electrons. The molecule has 1 aliphatic rings. The van der Waals surface area contributed by atoms with E-state index in [0.29, 0.717) is 36.9 Å². The number of aryl methyl sites for hydroxylation is 1. The number of hydrogen-bond donors (Lipinski definition) is 1. The maximum atomic E-state index is 14.6. The second-order valence-corrected chi connectivity index (χ2v) is 9.89. The lowest BCUT2D eigenvalue weighted by Crippen LogP contribution is -2.49. The molecular formula is C22H25F2N5O3S. The van der Waals surface area contributed by atoms with Gasteiger partial charge in [0, 0.05) is 50.7 Å². The van der Waals surface area contributed by atoms with E-state index < -0.39 is 23.1 Å². The predicted molar refractivity (Wildman–Crippen MR) is 122 cm³/mol. The van der Waals surface area contributed by atoms with Crippen molar-refractivity contribution >= 4 is 39.7 Å². The lowest BCUT2D eigenvalue weighted by molar-refractivity contribution is 0.0240. The summed E-state index contributed by atoms with van der Waals surface area (Å²) >= 11 is 1.02. The number of carbonyl (C=O) groups excluding carboxylic acids is 2. The Morgan fingerprint density at radius 1 is 1.09 bits per heavy atom. The molecule has 0 atom stereocenters. The van der Waals surface area contributed by atoms with Gasteiger partial charge in [-0.1, -0.05) is 0 Å². The van der Waals surface area contributed by atoms with Crippen LogP contribution in [0.2, 0.25) is 0 Å². The minimum Gasteiger partial charge on any atom is -0.444 e. The average molecular weight is 478 g/mol. The van der Waals surface area contributed by atoms with Crippen LogP contribution in [0.25, 0.3) is 5.65 Å². The fourth-order valence-corrected chi connectivity index (χ4v) is 4.52. The molecule has 176 valence electrons. The van der Waals surface area contributed by atoms with Crippen LogP contribution in [0.15, 0.2) is 24.5 Å². The third kappa shape index (κ3) is 5.08. The fourth-order valence-electron chi connectivity index (χ4n) is 3.54. The number of carbonyl (C=O) groups is 2. The zero-order valence-electron chi connectivity index (χ0n) is 18.8. The maximum absolute atomic E-state index is 14.6. The number of pyridine rings is 1. The lowest BCUT2D eigenvalue weighted by atomic mass is 10.2. The molecule has 3 aromatic rings. The Hall–Kier alpha value is -3.21. The Balaban J connectivity index is 1.42. The van der Waals surface area contributed by atoms with Crippen LogP contribution in [0, 0.1) is 18.6 Å². The number of aromatic nitrogens is 2. The first-order chi connectivity index (χ1) is 15.5. The summed E-state index contributed by atoms with van der Waals surface area (Å²) in [4.78, 5) is 32.4. The quantitative estimate of drug-likeness (QED) is 0.609. The minimum atomic E-state index is -0.660. The number of anilines is 2. The van der Waals surface area contributed by atoms with Crippen molar-refractivity contribution in [2.45, 2.75) is 33.3 Å². The van der Waals surface area contributed by atoms with Gasteiger partial charge >= 0.3 is 6.09 Å². The highest BCUT2D eigenvalue weighted by Crippen LogP contribution is 2.31. The highest BCUT2D eigenvalue weighted by atomic mass is 32.1. The summed E-state index contributed by atoms with van der Waals surface area (Å²) in [6.07, 6.45) is 2.78. The molecule has 1 N–H and O–H groups in total. The first-order valence-corrected chi connectivity index (χ1v) is 11.3. The molecule has 4 heterocycles. The lowest BCUT2D eigenvalue weighted by Gasteiger charge is -2.36. The number of thiophene rings is 1. The van der Waals surface area contributed by atoms with E-state index in [1.165, 1.54) is 16.7 Å². The average Bonchev–Trinajstić information content (AvgIpc) is 3.29. The monoisotopic (exact) mass is 477 g/mol. The number of nitrogens with zero attached hydrogens (tertiary/aromatic N) is 4. The molecule has 0 bridgehead atoms. The molecule has 33 heavy (non-hydrogen) atoms. The number of fused-ring (bicyclic) bond motifs is 1. The van der Waals surface area contributed by atoms with Gasteiger partial charge in [0.2, 0.25) is 0 Å². The normalized spacial score (nSPS) is 14.6. The maximum Gasteiger partial charge on any atom is 0.410 e. The van der Waals surface area contributed by atoms with Gasteiger partial charge in [0.1, 0.15) is 16.3 Å². The first-order valence-electron chi connectivity index (χ1n) is 10.5. The van der Waals surface area contributed by atoms with Gasteiger partial charge < -0.3 is 24.3 Å². The van der Waals surface area contributed by atoms with Crippen molar-refractivity contribution in [1.29, 1.82) is 0 Å². The van der Waals surface area contributed by atoms with Gasteiger partial charge in [-0.3, -0.25) is 4.79 Å². The minimum absolute atomic E-state index is 0.0955. The van der Waals surface area contributed by atoms with E-state index in [2.05, 4.69) is 10.3 Å². The zero-order chi connectivity index (χ0) is 23.9. The molecular weight excluding hydrogens is 452 g/mol. The van der Waals surface area contributed by atoms with Crippen LogP contribution in [0.4, 0.5) is 24.3 Å². The molecule has 0 unspecified atom stereocenters. The molecule has 1 fully saturated rings. The SMILES string of the molecule is Cc1cn2cc(NC(=O)c3sc(N4CCN(C(=O)OC(C)(C)C)CC4)cc3F)cc(F)c2n1. The molecule has 1 saturated heterocycles. The van der Waals surface area contributed by atoms with Crippen molar-refractivity contribution < 1.29 is 23.1 Å². The Morgan fingerprint density at radius 3 is 2.45 bits per heavy atom. The number of imidazole rings is 1. The van der Waals surface area contributed by atoms with Gasteiger partial charge in [-0.2, -0.15) is 0 Å². The number of amides is 2. The standard InChI is InChI=1S/C22H25F2N5O3S/c1-13-11-29-12-14(9-16(24)19(29)25-13)26-20(30)18-15(23)10-17(33-18)27-5-7-28(8-6-27)21(31)32-22(2,3)4/h9-12H,5-8H2,1-4H3,(H,26,30). The first kappa shape index (κ1) is 23.0. The number of nitrogens with one attached hydrogen (secondary N) is 1. The highest BCUT2D eigenvalue weighted by Gasteiger charge is 2.28. The molecule has 0 spiro atoms. The van der Waals surface area contributed by atoms with Crippen molar-refractivity contribution in [3.05, 3.63) is 46.7 Å². The van der Waals surface area contributed by atoms with Crippen LogP contribution in [0.5, 0.6) is 0 Å². The Kier molecular flexibility index (Phi) is 6.00. The molecule has 2 amide bonds. The van der Waals surface area contributed by atoms with Crippen molar-refractivity contribution in [3.63, 3.8) is 0 Å². The number of ether oxygens (including phenoxy) is 1. The van der Waals surface area contributed by atoms with Crippen LogP contribution in [0.1, 0.15) is 36.1 Å². The molecule has 0 aliphatic carbocycles. The van der Waals surface area contributed by atoms with E-state index >= 15 is 0 Å². The van der Waals surface area contributed by atoms with Crippen molar-refractivity contribution in [2.75, 3.05) is 36.4 Å². The van der Waals surface area contributed by atoms with Gasteiger partial charge in [-0.15, -0.1) is 11.3 Å². The molecule has 0 saturated carbocycles. The van der Waals surface area contributed by atoms with E-state index in [9.17, 15) is 18.4 Å². The van der Waals surface area contributed by atoms with E-state index in [1.54, 1.807) is 18.0 Å². The van der Waals surface area contributed by atoms with Gasteiger partial charge in [0.15, 0.2) is 11.5 Å². The Labute approximate surface area is 193 Å². The Bertz CT molecular complexity index is 1210. The van der Waals surface area contributed by atoms with Crippen LogP contribution in [-0.2, 0) is 4.74 Å². The summed E-state index contributed by atoms with van der Waals surface area (Å²) in [7, 11) is 0. The molecule has 4 rings (SSSR count). The van der Waals surface area contributed by atoms with Gasteiger partial charge in [-0.25, -0.2) is 18.6 Å². The summed E-state index contributed by atoms with van der Waals surface area (Å²) in [6, 6.07) is 2.47. The summed E-state index contributed by atoms with van der Waals surface area (Å²) in [5, 5.41) is 3.15. The van der Waals surface area contributed by atoms with E-state index in [-0.39, 0.29) is 22.3 Å². The molecule has 3 aromatic heterocycles. The fraction of sp³-hybridized carbons (Fsp3) is 0.409. The van der Waals surface area contributed by atoms with Gasteiger partial charge in [0.25, 0.3) is 5.91 Å². The number of piperazine rings is 1. The third-order valence-corrected chi connectivity index (χ3v) is 6.18. The topological polar surface area (TPSA) is 79.2 Å². The summed E-state index contributed by atoms with van der Waals surface area (Å²) < 4.78 is 35.7. The van der Waals surface area contributed by atoms with Crippen LogP contribution in [-0.4, -0.2) is 58.1 Å². The largest absolute Gasteiger partial charge is 0.444 e. The smallest absolute Gasteiger partial charge is 0.410 e. The van der Waals surface area contributed by atoms with Crippen LogP contribution >= 0.6 is 11.3 Å². The number of hydrogen-bond acceptors (Lipinski definition) is 6. The molecule has 1 aliphatic heterocycles. The van der Waals surface area contributed by atoms with E-state index in [4.69, 9.17) is 4.74 Å². The van der Waals surface area contributed by atoms with Gasteiger partial charge in [-0.05, 0) is 27.7 Å². The molecule has 0 aromatic carbocycles. The summed E-state index contributed by atoms with van der Waals surface area (Å²) in [5.41, 5.74) is 0.416. The van der Waals surface area contributed by atoms with Crippen molar-refractivity contribution in [1.82, 2.24) is 14.3 Å². The third-order valence-electron chi connectivity index (χ3n) is 5.01. The van der Waals surface area contributed by atoms with E-state index in [0.717, 1.165) is 17.4 Å². The predicted octanol–water partition coefficient (Wildman–Crippen LogP) is 4.29. The van der Waals surface area contributed by atoms with E-state index in [1.807, 2.05) is 25.7 Å². The van der Waals surface area contributed by atoms with Crippen molar-refractivity contribution in [2.24, 2.45) is 0 Å². The van der Waals surface area contributed by atoms with Gasteiger partial charge in [0.05, 0.1) is 16.4 Å². The van der Waals surface area contributed by atoms with Crippen LogP contribution in [0.3, 0.4) is 0 Å². The highest BCUT2D eigenvalue weighted by molar-refractivity contribution is 7.18. The molecule has 11 heteroatoms. The summed E-state index contributed by atoms with van der Waals surface area (Å²) in [6.45, 7) is 9.01. The second-order valence-electron chi connectivity index (χ2n) is 8.86.